The van der Waals surface area contributed by atoms with Crippen molar-refractivity contribution in [2.24, 2.45) is 0 Å². The van der Waals surface area contributed by atoms with Gasteiger partial charge in [0.25, 0.3) is 0 Å². The predicted octanol–water partition coefficient (Wildman–Crippen LogP) is 6.52. The van der Waals surface area contributed by atoms with Gasteiger partial charge in [0.2, 0.25) is 0 Å². The van der Waals surface area contributed by atoms with Gasteiger partial charge >= 0.3 is 0 Å². The van der Waals surface area contributed by atoms with E-state index in [-0.39, 0.29) is 5.82 Å². The number of unbranched alkanes of at least 4 members (excludes halogenated alkanes) is 5. The number of halogens is 2. The zero-order valence-electron chi connectivity index (χ0n) is 16.9. The fourth-order valence-corrected chi connectivity index (χ4v) is 3.30. The molecule has 0 heterocycles. The summed E-state index contributed by atoms with van der Waals surface area (Å²) in [5.74, 6) is 0.844. The summed E-state index contributed by atoms with van der Waals surface area (Å²) in [7, 11) is 1.60. The van der Waals surface area contributed by atoms with Crippen LogP contribution in [0.1, 0.15) is 56.6 Å². The number of benzene rings is 2. The standard InChI is InChI=1S/C23H31ClFNO2/c1-3-4-5-6-7-8-13-26-16-19-14-21(24)23(22(15-19)27-2)28-17-18-9-11-20(25)12-10-18/h9-12,14-15,26H,3-8,13,16-17H2,1-2H3. The first-order valence-corrected chi connectivity index (χ1v) is 10.5. The van der Waals surface area contributed by atoms with Crippen LogP contribution in [-0.2, 0) is 13.2 Å². The molecule has 0 aromatic heterocycles. The number of ether oxygens (including phenoxy) is 2. The molecule has 0 amide bonds. The summed E-state index contributed by atoms with van der Waals surface area (Å²) in [5.41, 5.74) is 1.92. The first-order valence-electron chi connectivity index (χ1n) is 10.1. The number of hydrogen-bond donors (Lipinski definition) is 1. The third-order valence-corrected chi connectivity index (χ3v) is 4.90. The van der Waals surface area contributed by atoms with Gasteiger partial charge in [-0.25, -0.2) is 4.39 Å². The normalized spacial score (nSPS) is 10.9. The van der Waals surface area contributed by atoms with Crippen molar-refractivity contribution in [3.8, 4) is 11.5 Å². The lowest BCUT2D eigenvalue weighted by molar-refractivity contribution is 0.284. The third-order valence-electron chi connectivity index (χ3n) is 4.62. The Morgan fingerprint density at radius 2 is 1.68 bits per heavy atom. The maximum atomic E-state index is 13.0. The summed E-state index contributed by atoms with van der Waals surface area (Å²) in [6, 6.07) is 10.1. The molecule has 0 spiro atoms. The lowest BCUT2D eigenvalue weighted by atomic mass is 10.1. The second-order valence-electron chi connectivity index (χ2n) is 6.97. The fourth-order valence-electron chi connectivity index (χ4n) is 3.01. The van der Waals surface area contributed by atoms with Gasteiger partial charge in [-0.15, -0.1) is 0 Å². The van der Waals surface area contributed by atoms with Gasteiger partial charge in [0.1, 0.15) is 12.4 Å². The molecule has 28 heavy (non-hydrogen) atoms. The maximum absolute atomic E-state index is 13.0. The quantitative estimate of drug-likeness (QED) is 0.383. The summed E-state index contributed by atoms with van der Waals surface area (Å²) < 4.78 is 24.3. The van der Waals surface area contributed by atoms with E-state index in [1.165, 1.54) is 50.7 Å². The minimum Gasteiger partial charge on any atom is -0.493 e. The van der Waals surface area contributed by atoms with Crippen molar-refractivity contribution in [1.29, 1.82) is 0 Å². The third kappa shape index (κ3) is 7.69. The van der Waals surface area contributed by atoms with Crippen LogP contribution in [-0.4, -0.2) is 13.7 Å². The lowest BCUT2D eigenvalue weighted by Crippen LogP contribution is -2.14. The Bertz CT molecular complexity index is 706. The first-order chi connectivity index (χ1) is 13.6. The molecule has 0 saturated heterocycles. The van der Waals surface area contributed by atoms with Crippen LogP contribution < -0.4 is 14.8 Å². The van der Waals surface area contributed by atoms with E-state index in [1.807, 2.05) is 12.1 Å². The summed E-state index contributed by atoms with van der Waals surface area (Å²) in [6.07, 6.45) is 7.73. The highest BCUT2D eigenvalue weighted by Gasteiger charge is 2.12. The van der Waals surface area contributed by atoms with Crippen molar-refractivity contribution in [2.75, 3.05) is 13.7 Å². The highest BCUT2D eigenvalue weighted by atomic mass is 35.5. The molecular weight excluding hydrogens is 377 g/mol. The van der Waals surface area contributed by atoms with E-state index in [2.05, 4.69) is 12.2 Å². The monoisotopic (exact) mass is 407 g/mol. The molecule has 154 valence electrons. The average molecular weight is 408 g/mol. The molecular formula is C23H31ClFNO2. The minimum absolute atomic E-state index is 0.267. The molecule has 0 bridgehead atoms. The maximum Gasteiger partial charge on any atom is 0.180 e. The van der Waals surface area contributed by atoms with Crippen LogP contribution in [0.3, 0.4) is 0 Å². The smallest absolute Gasteiger partial charge is 0.180 e. The highest BCUT2D eigenvalue weighted by molar-refractivity contribution is 6.32. The van der Waals surface area contributed by atoms with E-state index in [9.17, 15) is 4.39 Å². The minimum atomic E-state index is -0.267. The number of hydrogen-bond acceptors (Lipinski definition) is 3. The number of methoxy groups -OCH3 is 1. The average Bonchev–Trinajstić information content (AvgIpc) is 2.70. The molecule has 0 aliphatic carbocycles. The van der Waals surface area contributed by atoms with E-state index in [0.29, 0.717) is 23.1 Å². The second-order valence-corrected chi connectivity index (χ2v) is 7.38. The van der Waals surface area contributed by atoms with Crippen LogP contribution in [0.15, 0.2) is 36.4 Å². The summed E-state index contributed by atoms with van der Waals surface area (Å²) in [5, 5.41) is 3.98. The van der Waals surface area contributed by atoms with Gasteiger partial charge in [-0.2, -0.15) is 0 Å². The molecule has 3 nitrogen and oxygen atoms in total. The van der Waals surface area contributed by atoms with Crippen LogP contribution in [0.4, 0.5) is 4.39 Å². The van der Waals surface area contributed by atoms with Crippen molar-refractivity contribution >= 4 is 11.6 Å². The number of nitrogens with one attached hydrogen (secondary N) is 1. The molecule has 0 aliphatic rings. The van der Waals surface area contributed by atoms with E-state index in [1.54, 1.807) is 19.2 Å². The number of rotatable bonds is 13. The van der Waals surface area contributed by atoms with Gasteiger partial charge in [-0.1, -0.05) is 62.8 Å². The predicted molar refractivity (Wildman–Crippen MR) is 114 cm³/mol. The Labute approximate surface area is 173 Å². The van der Waals surface area contributed by atoms with Gasteiger partial charge in [0, 0.05) is 6.54 Å². The topological polar surface area (TPSA) is 30.5 Å². The van der Waals surface area contributed by atoms with Crippen LogP contribution in [0.25, 0.3) is 0 Å². The molecule has 0 fully saturated rings. The Morgan fingerprint density at radius 3 is 2.39 bits per heavy atom. The van der Waals surface area contributed by atoms with Gasteiger partial charge < -0.3 is 14.8 Å². The lowest BCUT2D eigenvalue weighted by Gasteiger charge is -2.15. The van der Waals surface area contributed by atoms with Gasteiger partial charge in [-0.3, -0.25) is 0 Å². The molecule has 0 aliphatic heterocycles. The van der Waals surface area contributed by atoms with E-state index >= 15 is 0 Å². The highest BCUT2D eigenvalue weighted by Crippen LogP contribution is 2.37. The van der Waals surface area contributed by atoms with Gasteiger partial charge in [0.05, 0.1) is 12.1 Å². The molecule has 0 atom stereocenters. The van der Waals surface area contributed by atoms with E-state index in [0.717, 1.165) is 24.2 Å². The molecule has 0 unspecified atom stereocenters. The molecule has 0 radical (unpaired) electrons. The Morgan fingerprint density at radius 1 is 0.964 bits per heavy atom. The Balaban J connectivity index is 1.83. The second kappa shape index (κ2) is 12.6. The zero-order chi connectivity index (χ0) is 20.2. The SMILES string of the molecule is CCCCCCCCNCc1cc(Cl)c(OCc2ccc(F)cc2)c(OC)c1. The fraction of sp³-hybridized carbons (Fsp3) is 0.478. The summed E-state index contributed by atoms with van der Waals surface area (Å²) >= 11 is 6.42. The largest absolute Gasteiger partial charge is 0.493 e. The van der Waals surface area contributed by atoms with E-state index in [4.69, 9.17) is 21.1 Å². The van der Waals surface area contributed by atoms with Crippen molar-refractivity contribution in [3.05, 3.63) is 58.4 Å². The summed E-state index contributed by atoms with van der Waals surface area (Å²) in [4.78, 5) is 0. The van der Waals surface area contributed by atoms with Crippen LogP contribution in [0.5, 0.6) is 11.5 Å². The molecule has 2 aromatic rings. The zero-order valence-corrected chi connectivity index (χ0v) is 17.7. The molecule has 0 saturated carbocycles. The van der Waals surface area contributed by atoms with Crippen LogP contribution in [0, 0.1) is 5.82 Å². The van der Waals surface area contributed by atoms with Crippen molar-refractivity contribution in [3.63, 3.8) is 0 Å². The van der Waals surface area contributed by atoms with Crippen molar-refractivity contribution in [1.82, 2.24) is 5.32 Å². The van der Waals surface area contributed by atoms with Gasteiger partial charge in [-0.05, 0) is 48.4 Å². The van der Waals surface area contributed by atoms with Crippen LogP contribution in [0.2, 0.25) is 5.02 Å². The molecule has 2 rings (SSSR count). The Hall–Kier alpha value is -1.78. The molecule has 5 heteroatoms. The molecule has 2 aromatic carbocycles. The van der Waals surface area contributed by atoms with Gasteiger partial charge in [0.15, 0.2) is 11.5 Å². The van der Waals surface area contributed by atoms with Crippen molar-refractivity contribution < 1.29 is 13.9 Å². The Kier molecular flexibility index (Phi) is 10.2. The first kappa shape index (κ1) is 22.5. The summed E-state index contributed by atoms with van der Waals surface area (Å²) in [6.45, 7) is 4.27. The van der Waals surface area contributed by atoms with Crippen molar-refractivity contribution in [2.45, 2.75) is 58.6 Å². The van der Waals surface area contributed by atoms with Crippen LogP contribution >= 0.6 is 11.6 Å². The molecule has 1 N–H and O–H groups in total. The van der Waals surface area contributed by atoms with E-state index < -0.39 is 0 Å².